The molecule has 0 amide bonds. The third-order valence-electron chi connectivity index (χ3n) is 2.63. The van der Waals surface area contributed by atoms with Crippen molar-refractivity contribution in [3.8, 4) is 11.9 Å². The van der Waals surface area contributed by atoms with Crippen LogP contribution in [0, 0.1) is 18.3 Å². The lowest BCUT2D eigenvalue weighted by Crippen LogP contribution is -1.98. The van der Waals surface area contributed by atoms with Gasteiger partial charge in [-0.05, 0) is 12.5 Å². The monoisotopic (exact) mass is 242 g/mol. The number of hydrogen-bond donors (Lipinski definition) is 1. The molecule has 0 spiro atoms. The maximum Gasteiger partial charge on any atom is 0.253 e. The fourth-order valence-electron chi connectivity index (χ4n) is 1.67. The first-order chi connectivity index (χ1) is 8.61. The van der Waals surface area contributed by atoms with Crippen LogP contribution in [0.5, 0.6) is 5.88 Å². The number of rotatable bonds is 3. The standard InChI is InChI=1S/C13H14N4O/c1-9-4-3-5-10(6-9)8-18-13-11(7-14)12(15)17(2)16-13/h3-6H,8,15H2,1-2H3. The number of nitrogens with zero attached hydrogens (tertiary/aromatic N) is 3. The Kier molecular flexibility index (Phi) is 3.20. The van der Waals surface area contributed by atoms with Gasteiger partial charge in [0, 0.05) is 7.05 Å². The summed E-state index contributed by atoms with van der Waals surface area (Å²) in [6, 6.07) is 9.97. The Bertz CT molecular complexity index is 610. The average Bonchev–Trinajstić information content (AvgIpc) is 2.62. The molecule has 0 saturated heterocycles. The van der Waals surface area contributed by atoms with E-state index in [1.165, 1.54) is 4.68 Å². The number of anilines is 1. The summed E-state index contributed by atoms with van der Waals surface area (Å²) in [5.74, 6) is 0.593. The Morgan fingerprint density at radius 1 is 1.50 bits per heavy atom. The van der Waals surface area contributed by atoms with Crippen LogP contribution in [-0.4, -0.2) is 9.78 Å². The predicted octanol–water partition coefficient (Wildman–Crippen LogP) is 1.76. The molecule has 5 heteroatoms. The molecule has 1 aromatic carbocycles. The van der Waals surface area contributed by atoms with Gasteiger partial charge >= 0.3 is 0 Å². The van der Waals surface area contributed by atoms with Crippen molar-refractivity contribution in [3.63, 3.8) is 0 Å². The number of benzene rings is 1. The lowest BCUT2D eigenvalue weighted by molar-refractivity contribution is 0.290. The molecule has 2 aromatic rings. The van der Waals surface area contributed by atoms with Crippen LogP contribution in [-0.2, 0) is 13.7 Å². The van der Waals surface area contributed by atoms with Crippen molar-refractivity contribution in [1.29, 1.82) is 5.26 Å². The lowest BCUT2D eigenvalue weighted by Gasteiger charge is -2.04. The summed E-state index contributed by atoms with van der Waals surface area (Å²) >= 11 is 0. The SMILES string of the molecule is Cc1cccc(COc2nn(C)c(N)c2C#N)c1. The highest BCUT2D eigenvalue weighted by Gasteiger charge is 2.14. The minimum Gasteiger partial charge on any atom is -0.471 e. The van der Waals surface area contributed by atoms with Gasteiger partial charge in [0.2, 0.25) is 0 Å². The number of nitrogen functional groups attached to an aromatic ring is 1. The van der Waals surface area contributed by atoms with E-state index >= 15 is 0 Å². The van der Waals surface area contributed by atoms with Gasteiger partial charge in [-0.15, -0.1) is 5.10 Å². The molecular formula is C13H14N4O. The maximum atomic E-state index is 8.99. The van der Waals surface area contributed by atoms with Crippen molar-refractivity contribution in [2.45, 2.75) is 13.5 Å². The number of aromatic nitrogens is 2. The summed E-state index contributed by atoms with van der Waals surface area (Å²) in [6.07, 6.45) is 0. The molecule has 18 heavy (non-hydrogen) atoms. The Morgan fingerprint density at radius 2 is 2.28 bits per heavy atom. The van der Waals surface area contributed by atoms with Gasteiger partial charge in [-0.3, -0.25) is 0 Å². The van der Waals surface area contributed by atoms with Gasteiger partial charge in [0.15, 0.2) is 5.56 Å². The van der Waals surface area contributed by atoms with Crippen molar-refractivity contribution in [3.05, 3.63) is 41.0 Å². The van der Waals surface area contributed by atoms with Gasteiger partial charge in [0.05, 0.1) is 0 Å². The van der Waals surface area contributed by atoms with Crippen molar-refractivity contribution in [2.24, 2.45) is 7.05 Å². The molecule has 1 heterocycles. The number of nitriles is 1. The molecule has 0 aliphatic rings. The summed E-state index contributed by atoms with van der Waals surface area (Å²) in [7, 11) is 1.68. The second-order valence-corrected chi connectivity index (χ2v) is 4.08. The van der Waals surface area contributed by atoms with E-state index in [1.54, 1.807) is 7.05 Å². The molecule has 2 N–H and O–H groups in total. The van der Waals surface area contributed by atoms with E-state index in [0.717, 1.165) is 11.1 Å². The van der Waals surface area contributed by atoms with E-state index in [1.807, 2.05) is 37.3 Å². The molecule has 0 bridgehead atoms. The number of hydrogen-bond acceptors (Lipinski definition) is 4. The fraction of sp³-hybridized carbons (Fsp3) is 0.231. The number of nitrogens with two attached hydrogens (primary N) is 1. The van der Waals surface area contributed by atoms with Gasteiger partial charge in [-0.2, -0.15) is 5.26 Å². The smallest absolute Gasteiger partial charge is 0.253 e. The molecule has 0 aliphatic heterocycles. The first kappa shape index (κ1) is 12.0. The van der Waals surface area contributed by atoms with Crippen molar-refractivity contribution >= 4 is 5.82 Å². The van der Waals surface area contributed by atoms with Gasteiger partial charge < -0.3 is 10.5 Å². The Labute approximate surface area is 105 Å². The molecule has 92 valence electrons. The first-order valence-electron chi connectivity index (χ1n) is 5.52. The summed E-state index contributed by atoms with van der Waals surface area (Å²) in [5, 5.41) is 13.1. The van der Waals surface area contributed by atoms with Crippen LogP contribution in [0.4, 0.5) is 5.82 Å². The van der Waals surface area contributed by atoms with E-state index < -0.39 is 0 Å². The van der Waals surface area contributed by atoms with Crippen LogP contribution in [0.2, 0.25) is 0 Å². The summed E-state index contributed by atoms with van der Waals surface area (Å²) in [5.41, 5.74) is 8.18. The van der Waals surface area contributed by atoms with Crippen LogP contribution < -0.4 is 10.5 Å². The number of ether oxygens (including phenoxy) is 1. The van der Waals surface area contributed by atoms with E-state index in [9.17, 15) is 0 Å². The van der Waals surface area contributed by atoms with Gasteiger partial charge in [-0.25, -0.2) is 4.68 Å². The zero-order valence-electron chi connectivity index (χ0n) is 10.3. The fourth-order valence-corrected chi connectivity index (χ4v) is 1.67. The van der Waals surface area contributed by atoms with Crippen LogP contribution in [0.15, 0.2) is 24.3 Å². The minimum absolute atomic E-state index is 0.277. The van der Waals surface area contributed by atoms with Crippen molar-refractivity contribution < 1.29 is 4.74 Å². The zero-order valence-corrected chi connectivity index (χ0v) is 10.3. The summed E-state index contributed by atoms with van der Waals surface area (Å²) in [4.78, 5) is 0. The highest BCUT2D eigenvalue weighted by molar-refractivity contribution is 5.54. The largest absolute Gasteiger partial charge is 0.471 e. The van der Waals surface area contributed by atoms with Crippen LogP contribution >= 0.6 is 0 Å². The molecule has 0 fully saturated rings. The normalized spacial score (nSPS) is 10.1. The van der Waals surface area contributed by atoms with Gasteiger partial charge in [0.1, 0.15) is 18.5 Å². The molecule has 1 aromatic heterocycles. The maximum absolute atomic E-state index is 8.99. The Morgan fingerprint density at radius 3 is 2.94 bits per heavy atom. The third-order valence-corrected chi connectivity index (χ3v) is 2.63. The number of aryl methyl sites for hydroxylation is 2. The highest BCUT2D eigenvalue weighted by atomic mass is 16.5. The quantitative estimate of drug-likeness (QED) is 0.889. The third kappa shape index (κ3) is 2.28. The lowest BCUT2D eigenvalue weighted by atomic mass is 10.1. The molecule has 0 radical (unpaired) electrons. The summed E-state index contributed by atoms with van der Waals surface area (Å²) in [6.45, 7) is 2.38. The molecule has 0 unspecified atom stereocenters. The van der Waals surface area contributed by atoms with Crippen LogP contribution in [0.1, 0.15) is 16.7 Å². The predicted molar refractivity (Wildman–Crippen MR) is 67.8 cm³/mol. The highest BCUT2D eigenvalue weighted by Crippen LogP contribution is 2.22. The van der Waals surface area contributed by atoms with Crippen molar-refractivity contribution in [2.75, 3.05) is 5.73 Å². The minimum atomic E-state index is 0.277. The second kappa shape index (κ2) is 4.80. The average molecular weight is 242 g/mol. The molecule has 0 atom stereocenters. The topological polar surface area (TPSA) is 76.9 Å². The molecule has 2 rings (SSSR count). The first-order valence-corrected chi connectivity index (χ1v) is 5.52. The molecule has 0 aliphatic carbocycles. The molecule has 0 saturated carbocycles. The van der Waals surface area contributed by atoms with E-state index in [0.29, 0.717) is 12.4 Å². The molecule has 5 nitrogen and oxygen atoms in total. The van der Waals surface area contributed by atoms with E-state index in [4.69, 9.17) is 15.7 Å². The van der Waals surface area contributed by atoms with Gasteiger partial charge in [-0.1, -0.05) is 29.8 Å². The van der Waals surface area contributed by atoms with Crippen LogP contribution in [0.3, 0.4) is 0 Å². The Balaban J connectivity index is 2.16. The summed E-state index contributed by atoms with van der Waals surface area (Å²) < 4.78 is 6.97. The van der Waals surface area contributed by atoms with Crippen molar-refractivity contribution in [1.82, 2.24) is 9.78 Å². The Hall–Kier alpha value is -2.48. The van der Waals surface area contributed by atoms with Gasteiger partial charge in [0.25, 0.3) is 5.88 Å². The van der Waals surface area contributed by atoms with Crippen LogP contribution in [0.25, 0.3) is 0 Å². The van der Waals surface area contributed by atoms with E-state index in [2.05, 4.69) is 5.10 Å². The van der Waals surface area contributed by atoms with E-state index in [-0.39, 0.29) is 11.4 Å². The molecular weight excluding hydrogens is 228 g/mol. The second-order valence-electron chi connectivity index (χ2n) is 4.08. The zero-order chi connectivity index (χ0) is 13.1.